The monoisotopic (exact) mass is 506 g/mol. The smallest absolute Gasteiger partial charge is 0.229 e. The van der Waals surface area contributed by atoms with Crippen LogP contribution in [0, 0.1) is 0 Å². The van der Waals surface area contributed by atoms with Gasteiger partial charge in [0, 0.05) is 68.1 Å². The van der Waals surface area contributed by atoms with Crippen molar-refractivity contribution in [3.05, 3.63) is 54.2 Å². The molecule has 0 aliphatic carbocycles. The molecule has 2 aliphatic heterocycles. The minimum atomic E-state index is -0.0848. The summed E-state index contributed by atoms with van der Waals surface area (Å²) in [6.45, 7) is 6.24. The van der Waals surface area contributed by atoms with Crippen LogP contribution in [-0.2, 0) is 16.1 Å². The molecule has 2 saturated heterocycles. The molecular formula is C27H34N6O4. The van der Waals surface area contributed by atoms with Gasteiger partial charge in [0.25, 0.3) is 0 Å². The number of morpholine rings is 2. The van der Waals surface area contributed by atoms with Crippen molar-refractivity contribution in [2.45, 2.75) is 6.61 Å². The molecule has 10 heteroatoms. The van der Waals surface area contributed by atoms with Gasteiger partial charge in [-0.05, 0) is 30.3 Å². The van der Waals surface area contributed by atoms with Crippen LogP contribution in [0.2, 0.25) is 0 Å². The Morgan fingerprint density at radius 1 is 0.946 bits per heavy atom. The molecule has 0 saturated carbocycles. The molecule has 2 N–H and O–H groups in total. The van der Waals surface area contributed by atoms with Crippen LogP contribution >= 0.6 is 0 Å². The first-order valence-electron chi connectivity index (χ1n) is 12.6. The van der Waals surface area contributed by atoms with Crippen molar-refractivity contribution in [2.75, 3.05) is 86.8 Å². The van der Waals surface area contributed by atoms with Crippen LogP contribution in [0.15, 0.2) is 48.7 Å². The Morgan fingerprint density at radius 2 is 1.59 bits per heavy atom. The molecule has 10 nitrogen and oxygen atoms in total. The van der Waals surface area contributed by atoms with Crippen molar-refractivity contribution in [3.63, 3.8) is 0 Å². The third kappa shape index (κ3) is 5.87. The van der Waals surface area contributed by atoms with Crippen LogP contribution in [-0.4, -0.2) is 81.8 Å². The summed E-state index contributed by atoms with van der Waals surface area (Å²) in [6, 6.07) is 13.9. The Hall–Kier alpha value is -3.60. The Balaban J connectivity index is 1.43. The van der Waals surface area contributed by atoms with Gasteiger partial charge < -0.3 is 39.3 Å². The summed E-state index contributed by atoms with van der Waals surface area (Å²) in [7, 11) is 3.54. The maximum absolute atomic E-state index is 9.86. The summed E-state index contributed by atoms with van der Waals surface area (Å²) >= 11 is 0. The van der Waals surface area contributed by atoms with Crippen LogP contribution in [0.5, 0.6) is 5.75 Å². The number of hydrogen-bond acceptors (Lipinski definition) is 10. The lowest BCUT2D eigenvalue weighted by Gasteiger charge is -2.33. The lowest BCUT2D eigenvalue weighted by molar-refractivity contribution is 0.122. The number of benzene rings is 2. The molecule has 1 aromatic heterocycles. The summed E-state index contributed by atoms with van der Waals surface area (Å²) in [4.78, 5) is 15.9. The van der Waals surface area contributed by atoms with Gasteiger partial charge in [-0.3, -0.25) is 0 Å². The van der Waals surface area contributed by atoms with E-state index in [9.17, 15) is 5.11 Å². The Kier molecular flexibility index (Phi) is 7.88. The van der Waals surface area contributed by atoms with E-state index in [0.29, 0.717) is 17.5 Å². The van der Waals surface area contributed by atoms with Crippen LogP contribution in [0.25, 0.3) is 0 Å². The van der Waals surface area contributed by atoms with Gasteiger partial charge in [0.2, 0.25) is 5.95 Å². The third-order valence-electron chi connectivity index (χ3n) is 6.72. The number of nitrogens with zero attached hydrogens (tertiary/aromatic N) is 5. The Bertz CT molecular complexity index is 1160. The number of aliphatic hydroxyl groups excluding tert-OH is 1. The minimum Gasteiger partial charge on any atom is -0.497 e. The van der Waals surface area contributed by atoms with E-state index < -0.39 is 0 Å². The second kappa shape index (κ2) is 11.6. The summed E-state index contributed by atoms with van der Waals surface area (Å²) in [6.07, 6.45) is 1.73. The predicted molar refractivity (Wildman–Crippen MR) is 145 cm³/mol. The van der Waals surface area contributed by atoms with Gasteiger partial charge in [0.1, 0.15) is 11.6 Å². The van der Waals surface area contributed by atoms with Crippen LogP contribution < -0.4 is 24.8 Å². The molecule has 37 heavy (non-hydrogen) atoms. The van der Waals surface area contributed by atoms with Gasteiger partial charge in [-0.1, -0.05) is 6.07 Å². The van der Waals surface area contributed by atoms with Crippen molar-refractivity contribution in [3.8, 4) is 5.75 Å². The zero-order valence-corrected chi connectivity index (χ0v) is 21.4. The Morgan fingerprint density at radius 3 is 2.19 bits per heavy atom. The van der Waals surface area contributed by atoms with Crippen molar-refractivity contribution < 1.29 is 19.3 Å². The molecule has 196 valence electrons. The van der Waals surface area contributed by atoms with Gasteiger partial charge in [-0.2, -0.15) is 4.98 Å². The zero-order valence-electron chi connectivity index (χ0n) is 21.4. The molecule has 0 atom stereocenters. The number of aliphatic hydroxyl groups is 1. The third-order valence-corrected chi connectivity index (χ3v) is 6.72. The van der Waals surface area contributed by atoms with E-state index in [0.717, 1.165) is 80.9 Å². The van der Waals surface area contributed by atoms with E-state index in [4.69, 9.17) is 19.2 Å². The highest BCUT2D eigenvalue weighted by Gasteiger charge is 2.18. The van der Waals surface area contributed by atoms with E-state index >= 15 is 0 Å². The molecule has 3 aromatic rings. The van der Waals surface area contributed by atoms with Gasteiger partial charge >= 0.3 is 0 Å². The van der Waals surface area contributed by atoms with E-state index in [-0.39, 0.29) is 6.61 Å². The number of anilines is 6. The second-order valence-corrected chi connectivity index (χ2v) is 9.01. The lowest BCUT2D eigenvalue weighted by Crippen LogP contribution is -2.38. The fourth-order valence-electron chi connectivity index (χ4n) is 4.64. The van der Waals surface area contributed by atoms with Crippen molar-refractivity contribution in [1.29, 1.82) is 0 Å². The fourth-order valence-corrected chi connectivity index (χ4v) is 4.64. The summed E-state index contributed by atoms with van der Waals surface area (Å²) in [5.74, 6) is 1.89. The number of ether oxygens (including phenoxy) is 3. The van der Waals surface area contributed by atoms with Gasteiger partial charge in [0.15, 0.2) is 0 Å². The molecule has 2 fully saturated rings. The highest BCUT2D eigenvalue weighted by Crippen LogP contribution is 2.32. The van der Waals surface area contributed by atoms with Crippen molar-refractivity contribution in [2.24, 2.45) is 0 Å². The molecule has 0 radical (unpaired) electrons. The van der Waals surface area contributed by atoms with E-state index in [1.54, 1.807) is 13.3 Å². The normalized spacial score (nSPS) is 16.0. The fraction of sp³-hybridized carbons (Fsp3) is 0.407. The van der Waals surface area contributed by atoms with Crippen molar-refractivity contribution >= 4 is 34.5 Å². The van der Waals surface area contributed by atoms with Crippen LogP contribution in [0.3, 0.4) is 0 Å². The molecule has 0 amide bonds. The number of hydrogen-bond donors (Lipinski definition) is 2. The minimum absolute atomic E-state index is 0.0848. The van der Waals surface area contributed by atoms with E-state index in [2.05, 4.69) is 38.3 Å². The molecule has 0 spiro atoms. The molecule has 2 aliphatic rings. The SMILES string of the molecule is COc1ccc(CO)c(N(C)c2ccnc(Nc3cc(N4CCOCC4)cc(N4CCOCC4)c3)n2)c1. The highest BCUT2D eigenvalue weighted by molar-refractivity contribution is 5.72. The Labute approximate surface area is 217 Å². The second-order valence-electron chi connectivity index (χ2n) is 9.01. The van der Waals surface area contributed by atoms with Crippen molar-refractivity contribution in [1.82, 2.24) is 9.97 Å². The maximum Gasteiger partial charge on any atom is 0.229 e. The quantitative estimate of drug-likeness (QED) is 0.474. The molecule has 0 bridgehead atoms. The largest absolute Gasteiger partial charge is 0.497 e. The topological polar surface area (TPSA) is 95.5 Å². The van der Waals surface area contributed by atoms with Gasteiger partial charge in [-0.15, -0.1) is 0 Å². The predicted octanol–water partition coefficient (Wildman–Crippen LogP) is 3.16. The number of methoxy groups -OCH3 is 1. The van der Waals surface area contributed by atoms with Gasteiger partial charge in [-0.25, -0.2) is 4.98 Å². The summed E-state index contributed by atoms with van der Waals surface area (Å²) < 4.78 is 16.5. The molecule has 5 rings (SSSR count). The first-order chi connectivity index (χ1) is 18.1. The van der Waals surface area contributed by atoms with E-state index in [1.807, 2.05) is 36.2 Å². The maximum atomic E-state index is 9.86. The van der Waals surface area contributed by atoms with E-state index in [1.165, 1.54) is 0 Å². The average Bonchev–Trinajstić information content (AvgIpc) is 2.97. The molecule has 0 unspecified atom stereocenters. The molecule has 3 heterocycles. The number of rotatable bonds is 8. The zero-order chi connectivity index (χ0) is 25.6. The molecular weight excluding hydrogens is 472 g/mol. The first kappa shape index (κ1) is 25.1. The number of aromatic nitrogens is 2. The summed E-state index contributed by atoms with van der Waals surface area (Å²) in [5, 5.41) is 13.3. The standard InChI is InChI=1S/C27H34N6O4/c1-31(25-18-24(35-2)4-3-20(25)19-34)26-5-6-28-27(30-26)29-21-15-22(32-7-11-36-12-8-32)17-23(16-21)33-9-13-37-14-10-33/h3-6,15-18,34H,7-14,19H2,1-2H3,(H,28,29,30). The van der Waals surface area contributed by atoms with Gasteiger partial charge in [0.05, 0.1) is 45.8 Å². The highest BCUT2D eigenvalue weighted by atomic mass is 16.5. The van der Waals surface area contributed by atoms with Crippen LogP contribution in [0.1, 0.15) is 5.56 Å². The number of nitrogens with one attached hydrogen (secondary N) is 1. The first-order valence-corrected chi connectivity index (χ1v) is 12.6. The average molecular weight is 507 g/mol. The lowest BCUT2D eigenvalue weighted by atomic mass is 10.1. The molecule has 2 aromatic carbocycles. The summed E-state index contributed by atoms with van der Waals surface area (Å²) in [5.41, 5.74) is 4.81. The van der Waals surface area contributed by atoms with Crippen LogP contribution in [0.4, 0.5) is 34.5 Å².